The van der Waals surface area contributed by atoms with Crippen molar-refractivity contribution in [2.24, 2.45) is 0 Å². The predicted molar refractivity (Wildman–Crippen MR) is 86.4 cm³/mol. The molecule has 0 aliphatic carbocycles. The molecule has 3 heterocycles. The SMILES string of the molecule is CS(=O)(=O)c1ncc2c(n1)c(=O)c(C#N)c1[nH]c3ccccc3n12. The highest BCUT2D eigenvalue weighted by atomic mass is 32.2. The summed E-state index contributed by atoms with van der Waals surface area (Å²) in [4.78, 5) is 23.4. The van der Waals surface area contributed by atoms with Crippen LogP contribution in [-0.2, 0) is 9.84 Å². The minimum atomic E-state index is -3.67. The van der Waals surface area contributed by atoms with Crippen molar-refractivity contribution in [2.45, 2.75) is 5.16 Å². The first-order chi connectivity index (χ1) is 11.4. The second-order valence-corrected chi connectivity index (χ2v) is 7.21. The van der Waals surface area contributed by atoms with Crippen LogP contribution in [0.1, 0.15) is 5.56 Å². The lowest BCUT2D eigenvalue weighted by Gasteiger charge is -2.05. The van der Waals surface area contributed by atoms with E-state index in [2.05, 4.69) is 15.0 Å². The second kappa shape index (κ2) is 4.62. The second-order valence-electron chi connectivity index (χ2n) is 5.30. The lowest BCUT2D eigenvalue weighted by Crippen LogP contribution is -2.15. The van der Waals surface area contributed by atoms with E-state index < -0.39 is 20.4 Å². The Balaban J connectivity index is 2.35. The molecule has 0 unspecified atom stereocenters. The van der Waals surface area contributed by atoms with Crippen molar-refractivity contribution >= 4 is 37.6 Å². The van der Waals surface area contributed by atoms with Crippen LogP contribution in [0.4, 0.5) is 0 Å². The van der Waals surface area contributed by atoms with Gasteiger partial charge in [0.25, 0.3) is 0 Å². The van der Waals surface area contributed by atoms with Crippen molar-refractivity contribution < 1.29 is 8.42 Å². The number of hydrogen-bond donors (Lipinski definition) is 1. The van der Waals surface area contributed by atoms with Crippen molar-refractivity contribution in [3.63, 3.8) is 0 Å². The molecule has 1 N–H and O–H groups in total. The Morgan fingerprint density at radius 2 is 2.00 bits per heavy atom. The number of H-pyrrole nitrogens is 1. The molecular weight excluding hydrogens is 330 g/mol. The Morgan fingerprint density at radius 1 is 1.25 bits per heavy atom. The number of nitriles is 1. The van der Waals surface area contributed by atoms with E-state index in [1.807, 2.05) is 30.3 Å². The van der Waals surface area contributed by atoms with Gasteiger partial charge in [-0.05, 0) is 12.1 Å². The van der Waals surface area contributed by atoms with Crippen molar-refractivity contribution in [2.75, 3.05) is 6.26 Å². The topological polar surface area (TPSA) is 121 Å². The van der Waals surface area contributed by atoms with Crippen LogP contribution in [-0.4, -0.2) is 34.0 Å². The van der Waals surface area contributed by atoms with Gasteiger partial charge in [0.1, 0.15) is 22.8 Å². The molecule has 0 radical (unpaired) electrons. The maximum Gasteiger partial charge on any atom is 0.247 e. The number of aromatic nitrogens is 4. The minimum Gasteiger partial charge on any atom is -0.338 e. The molecule has 0 saturated heterocycles. The van der Waals surface area contributed by atoms with Gasteiger partial charge in [0.2, 0.25) is 20.4 Å². The van der Waals surface area contributed by atoms with Crippen LogP contribution in [0.25, 0.3) is 27.7 Å². The molecular formula is C15H9N5O3S. The predicted octanol–water partition coefficient (Wildman–Crippen LogP) is 0.999. The van der Waals surface area contributed by atoms with Gasteiger partial charge in [0, 0.05) is 6.26 Å². The van der Waals surface area contributed by atoms with Gasteiger partial charge in [-0.15, -0.1) is 0 Å². The van der Waals surface area contributed by atoms with Gasteiger partial charge in [-0.25, -0.2) is 18.4 Å². The molecule has 4 rings (SSSR count). The Hall–Kier alpha value is -3.25. The number of nitrogens with one attached hydrogen (secondary N) is 1. The molecule has 0 saturated carbocycles. The maximum absolute atomic E-state index is 12.6. The first-order valence-corrected chi connectivity index (χ1v) is 8.73. The Bertz CT molecular complexity index is 1360. The van der Waals surface area contributed by atoms with Gasteiger partial charge in [-0.2, -0.15) is 5.26 Å². The molecule has 24 heavy (non-hydrogen) atoms. The number of aromatic amines is 1. The molecule has 0 aliphatic rings. The monoisotopic (exact) mass is 339 g/mol. The third kappa shape index (κ3) is 1.83. The van der Waals surface area contributed by atoms with E-state index in [4.69, 9.17) is 0 Å². The number of imidazole rings is 1. The summed E-state index contributed by atoms with van der Waals surface area (Å²) in [6, 6.07) is 9.14. The van der Waals surface area contributed by atoms with Crippen LogP contribution < -0.4 is 5.43 Å². The van der Waals surface area contributed by atoms with Crippen LogP contribution >= 0.6 is 0 Å². The smallest absolute Gasteiger partial charge is 0.247 e. The van der Waals surface area contributed by atoms with Crippen molar-refractivity contribution in [3.05, 3.63) is 46.2 Å². The Kier molecular flexibility index (Phi) is 2.76. The van der Waals surface area contributed by atoms with E-state index in [0.29, 0.717) is 11.2 Å². The number of rotatable bonds is 1. The molecule has 1 aromatic carbocycles. The normalized spacial score (nSPS) is 12.0. The number of sulfone groups is 1. The van der Waals surface area contributed by atoms with Gasteiger partial charge in [0.15, 0.2) is 0 Å². The first kappa shape index (κ1) is 14.3. The van der Waals surface area contributed by atoms with Crippen LogP contribution in [0.15, 0.2) is 40.4 Å². The molecule has 3 aromatic heterocycles. The molecule has 0 bridgehead atoms. The van der Waals surface area contributed by atoms with Gasteiger partial charge in [0.05, 0.1) is 22.7 Å². The van der Waals surface area contributed by atoms with Crippen LogP contribution in [0, 0.1) is 11.3 Å². The first-order valence-electron chi connectivity index (χ1n) is 6.84. The zero-order valence-corrected chi connectivity index (χ0v) is 13.1. The van der Waals surface area contributed by atoms with Gasteiger partial charge < -0.3 is 4.98 Å². The summed E-state index contributed by atoms with van der Waals surface area (Å²) in [6.07, 6.45) is 2.25. The third-order valence-electron chi connectivity index (χ3n) is 3.73. The minimum absolute atomic E-state index is 0.107. The number of benzene rings is 1. The molecule has 0 spiro atoms. The zero-order chi connectivity index (χ0) is 17.1. The molecule has 0 amide bonds. The van der Waals surface area contributed by atoms with Crippen molar-refractivity contribution in [3.8, 4) is 6.07 Å². The highest BCUT2D eigenvalue weighted by Crippen LogP contribution is 2.22. The molecule has 4 aromatic rings. The van der Waals surface area contributed by atoms with Crippen molar-refractivity contribution in [1.29, 1.82) is 5.26 Å². The number of hydrogen-bond acceptors (Lipinski definition) is 6. The fourth-order valence-electron chi connectivity index (χ4n) is 2.70. The average molecular weight is 339 g/mol. The Labute approximate surface area is 134 Å². The summed E-state index contributed by atoms with van der Waals surface area (Å²) >= 11 is 0. The molecule has 0 aliphatic heterocycles. The number of pyridine rings is 1. The molecule has 9 heteroatoms. The highest BCUT2D eigenvalue weighted by Gasteiger charge is 2.20. The van der Waals surface area contributed by atoms with Crippen LogP contribution in [0.2, 0.25) is 0 Å². The quantitative estimate of drug-likeness (QED) is 0.516. The van der Waals surface area contributed by atoms with Crippen LogP contribution in [0.3, 0.4) is 0 Å². The van der Waals surface area contributed by atoms with E-state index in [1.54, 1.807) is 4.40 Å². The standard InChI is InChI=1S/C15H9N5O3S/c1-24(22,23)15-17-7-11-12(19-15)13(21)8(6-16)14-18-9-4-2-3-5-10(9)20(11)14/h2-5,7,18H,1H3. The number of nitrogens with zero attached hydrogens (tertiary/aromatic N) is 4. The lowest BCUT2D eigenvalue weighted by atomic mass is 10.2. The summed E-state index contributed by atoms with van der Waals surface area (Å²) in [7, 11) is -3.67. The molecule has 8 nitrogen and oxygen atoms in total. The van der Waals surface area contributed by atoms with Crippen molar-refractivity contribution in [1.82, 2.24) is 19.4 Å². The fourth-order valence-corrected chi connectivity index (χ4v) is 3.20. The van der Waals surface area contributed by atoms with E-state index >= 15 is 0 Å². The van der Waals surface area contributed by atoms with E-state index in [0.717, 1.165) is 17.3 Å². The van der Waals surface area contributed by atoms with Gasteiger partial charge in [-0.1, -0.05) is 12.1 Å². The third-order valence-corrected chi connectivity index (χ3v) is 4.59. The van der Waals surface area contributed by atoms with Gasteiger partial charge in [-0.3, -0.25) is 9.20 Å². The summed E-state index contributed by atoms with van der Waals surface area (Å²) < 4.78 is 25.0. The van der Waals surface area contributed by atoms with E-state index in [-0.39, 0.29) is 11.1 Å². The molecule has 118 valence electrons. The zero-order valence-electron chi connectivity index (χ0n) is 12.3. The van der Waals surface area contributed by atoms with Gasteiger partial charge >= 0.3 is 0 Å². The molecule has 0 atom stereocenters. The largest absolute Gasteiger partial charge is 0.338 e. The fraction of sp³-hybridized carbons (Fsp3) is 0.0667. The van der Waals surface area contributed by atoms with E-state index in [9.17, 15) is 18.5 Å². The Morgan fingerprint density at radius 3 is 2.71 bits per heavy atom. The summed E-state index contributed by atoms with van der Waals surface area (Å²) in [5, 5.41) is 8.94. The molecule has 0 fully saturated rings. The lowest BCUT2D eigenvalue weighted by molar-refractivity contribution is 0.593. The number of fused-ring (bicyclic) bond motifs is 5. The summed E-state index contributed by atoms with van der Waals surface area (Å²) in [6.45, 7) is 0. The average Bonchev–Trinajstić information content (AvgIpc) is 2.93. The highest BCUT2D eigenvalue weighted by molar-refractivity contribution is 7.90. The van der Waals surface area contributed by atoms with E-state index in [1.165, 1.54) is 6.20 Å². The summed E-state index contributed by atoms with van der Waals surface area (Å²) in [5.41, 5.74) is 1.25. The number of para-hydroxylation sites is 2. The maximum atomic E-state index is 12.6. The summed E-state index contributed by atoms with van der Waals surface area (Å²) in [5.74, 6) is 0. The van der Waals surface area contributed by atoms with Crippen LogP contribution in [0.5, 0.6) is 0 Å².